The molecule has 74 valence electrons. The Balaban J connectivity index is 2.85. The van der Waals surface area contributed by atoms with Crippen LogP contribution in [0.1, 0.15) is 6.42 Å². The van der Waals surface area contributed by atoms with Crippen molar-refractivity contribution < 1.29 is 34.8 Å². The van der Waals surface area contributed by atoms with Gasteiger partial charge in [0.25, 0.3) is 0 Å². The Morgan fingerprint density at radius 1 is 1.54 bits per heavy atom. The Morgan fingerprint density at radius 2 is 2.08 bits per heavy atom. The van der Waals surface area contributed by atoms with Crippen LogP contribution in [-0.4, -0.2) is 50.4 Å². The molecule has 0 spiro atoms. The number of hydrogen-bond donors (Lipinski definition) is 4. The second kappa shape index (κ2) is 2.95. The molecule has 0 aliphatic carbocycles. The van der Waals surface area contributed by atoms with Crippen LogP contribution >= 0.6 is 0 Å². The van der Waals surface area contributed by atoms with E-state index in [1.807, 2.05) is 0 Å². The molecule has 0 aromatic rings. The minimum Gasteiger partial charge on any atom is -0.476 e. The summed E-state index contributed by atoms with van der Waals surface area (Å²) < 4.78 is 4.03. The highest BCUT2D eigenvalue weighted by Gasteiger charge is 2.50. The summed E-state index contributed by atoms with van der Waals surface area (Å²) in [6.07, 6.45) is -4.20. The van der Waals surface area contributed by atoms with Gasteiger partial charge in [-0.2, -0.15) is 0 Å². The standard InChI is InChI=1S/C6H8O7/c7-2-1-6(12,5(10)11)13-4(9)3(2)8/h2-3,7-8,12H,1H2,(H,10,11)/t2-,3+,6-/m1/s1. The zero-order chi connectivity index (χ0) is 10.2. The molecule has 0 aromatic heterocycles. The molecule has 13 heavy (non-hydrogen) atoms. The predicted molar refractivity (Wildman–Crippen MR) is 35.3 cm³/mol. The monoisotopic (exact) mass is 192 g/mol. The maximum absolute atomic E-state index is 10.7. The molecule has 0 amide bonds. The van der Waals surface area contributed by atoms with Crippen LogP contribution in [-0.2, 0) is 14.3 Å². The third kappa shape index (κ3) is 1.62. The molecule has 4 N–H and O–H groups in total. The van der Waals surface area contributed by atoms with Crippen molar-refractivity contribution in [2.24, 2.45) is 0 Å². The number of hydrogen-bond acceptors (Lipinski definition) is 6. The van der Waals surface area contributed by atoms with Gasteiger partial charge >= 0.3 is 17.7 Å². The van der Waals surface area contributed by atoms with Crippen molar-refractivity contribution in [3.63, 3.8) is 0 Å². The Bertz CT molecular complexity index is 249. The van der Waals surface area contributed by atoms with Crippen LogP contribution in [0.4, 0.5) is 0 Å². The lowest BCUT2D eigenvalue weighted by Crippen LogP contribution is -2.56. The number of carbonyl (C=O) groups excluding carboxylic acids is 1. The van der Waals surface area contributed by atoms with E-state index < -0.39 is 36.4 Å². The summed E-state index contributed by atoms with van der Waals surface area (Å²) in [7, 11) is 0. The molecule has 7 heteroatoms. The van der Waals surface area contributed by atoms with Crippen molar-refractivity contribution in [2.45, 2.75) is 24.4 Å². The number of esters is 1. The van der Waals surface area contributed by atoms with Crippen LogP contribution < -0.4 is 0 Å². The molecule has 0 bridgehead atoms. The second-order valence-electron chi connectivity index (χ2n) is 2.73. The van der Waals surface area contributed by atoms with Gasteiger partial charge in [0.2, 0.25) is 0 Å². The summed E-state index contributed by atoms with van der Waals surface area (Å²) in [5.41, 5.74) is 0. The molecule has 7 nitrogen and oxygen atoms in total. The highest BCUT2D eigenvalue weighted by atomic mass is 16.7. The Hall–Kier alpha value is -1.18. The lowest BCUT2D eigenvalue weighted by molar-refractivity contribution is -0.255. The number of carboxylic acids is 1. The van der Waals surface area contributed by atoms with E-state index in [9.17, 15) is 9.59 Å². The molecule has 1 rings (SSSR count). The fourth-order valence-electron chi connectivity index (χ4n) is 0.952. The van der Waals surface area contributed by atoms with Crippen LogP contribution in [0.2, 0.25) is 0 Å². The molecule has 3 atom stereocenters. The van der Waals surface area contributed by atoms with Gasteiger partial charge in [-0.15, -0.1) is 0 Å². The van der Waals surface area contributed by atoms with Crippen LogP contribution in [0.15, 0.2) is 0 Å². The minimum atomic E-state index is -2.74. The molecule has 0 aromatic carbocycles. The average Bonchev–Trinajstić information content (AvgIpc) is 2.00. The first-order chi connectivity index (χ1) is 5.87. The molecule has 0 radical (unpaired) electrons. The van der Waals surface area contributed by atoms with Crippen molar-refractivity contribution in [3.05, 3.63) is 0 Å². The summed E-state index contributed by atoms with van der Waals surface area (Å²) in [6.45, 7) is 0. The lowest BCUT2D eigenvalue weighted by Gasteiger charge is -2.32. The quantitative estimate of drug-likeness (QED) is 0.336. The van der Waals surface area contributed by atoms with E-state index in [2.05, 4.69) is 4.74 Å². The highest BCUT2D eigenvalue weighted by molar-refractivity contribution is 5.84. The van der Waals surface area contributed by atoms with Crippen molar-refractivity contribution in [2.75, 3.05) is 0 Å². The summed E-state index contributed by atoms with van der Waals surface area (Å²) in [5, 5.41) is 35.3. The number of carbonyl (C=O) groups is 2. The fraction of sp³-hybridized carbons (Fsp3) is 0.667. The van der Waals surface area contributed by atoms with E-state index in [4.69, 9.17) is 20.4 Å². The normalized spacial score (nSPS) is 39.8. The third-order valence-corrected chi connectivity index (χ3v) is 1.70. The maximum Gasteiger partial charge on any atom is 0.377 e. The van der Waals surface area contributed by atoms with Crippen LogP contribution in [0.3, 0.4) is 0 Å². The number of rotatable bonds is 1. The molecule has 1 saturated heterocycles. The van der Waals surface area contributed by atoms with Gasteiger partial charge in [0.1, 0.15) is 0 Å². The number of ether oxygens (including phenoxy) is 1. The van der Waals surface area contributed by atoms with Crippen molar-refractivity contribution in [1.82, 2.24) is 0 Å². The Labute approximate surface area is 72.2 Å². The van der Waals surface area contributed by atoms with Gasteiger partial charge in [-0.25, -0.2) is 9.59 Å². The van der Waals surface area contributed by atoms with E-state index in [1.54, 1.807) is 0 Å². The zero-order valence-electron chi connectivity index (χ0n) is 6.38. The molecule has 0 saturated carbocycles. The van der Waals surface area contributed by atoms with Gasteiger partial charge in [0, 0.05) is 0 Å². The van der Waals surface area contributed by atoms with Crippen LogP contribution in [0.25, 0.3) is 0 Å². The van der Waals surface area contributed by atoms with Gasteiger partial charge in [-0.05, 0) is 0 Å². The second-order valence-corrected chi connectivity index (χ2v) is 2.73. The first-order valence-electron chi connectivity index (χ1n) is 3.41. The average molecular weight is 192 g/mol. The SMILES string of the molecule is O=C1O[C@@](O)(C(=O)O)C[C@@H](O)[C@@H]1O. The van der Waals surface area contributed by atoms with Crippen LogP contribution in [0.5, 0.6) is 0 Å². The lowest BCUT2D eigenvalue weighted by atomic mass is 10.0. The first kappa shape index (κ1) is 9.90. The summed E-state index contributed by atoms with van der Waals surface area (Å²) in [5.74, 6) is -5.88. The smallest absolute Gasteiger partial charge is 0.377 e. The number of aliphatic carboxylic acids is 1. The van der Waals surface area contributed by atoms with Gasteiger partial charge < -0.3 is 25.2 Å². The molecule has 1 heterocycles. The predicted octanol–water partition coefficient (Wildman–Crippen LogP) is -2.57. The molecule has 1 fully saturated rings. The molecule has 0 unspecified atom stereocenters. The summed E-state index contributed by atoms with van der Waals surface area (Å²) >= 11 is 0. The largest absolute Gasteiger partial charge is 0.476 e. The third-order valence-electron chi connectivity index (χ3n) is 1.70. The van der Waals surface area contributed by atoms with Gasteiger partial charge in [-0.1, -0.05) is 0 Å². The number of aliphatic hydroxyl groups excluding tert-OH is 2. The van der Waals surface area contributed by atoms with Crippen molar-refractivity contribution >= 4 is 11.9 Å². The molecular weight excluding hydrogens is 184 g/mol. The number of aliphatic hydroxyl groups is 3. The zero-order valence-corrected chi connectivity index (χ0v) is 6.38. The van der Waals surface area contributed by atoms with E-state index in [-0.39, 0.29) is 0 Å². The topological polar surface area (TPSA) is 124 Å². The molecule has 1 aliphatic heterocycles. The summed E-state index contributed by atoms with van der Waals surface area (Å²) in [6, 6.07) is 0. The number of carboxylic acid groups (broad SMARTS) is 1. The maximum atomic E-state index is 10.7. The fourth-order valence-corrected chi connectivity index (χ4v) is 0.952. The molecule has 1 aliphatic rings. The van der Waals surface area contributed by atoms with E-state index in [0.29, 0.717) is 0 Å². The van der Waals surface area contributed by atoms with Crippen LogP contribution in [0, 0.1) is 0 Å². The summed E-state index contributed by atoms with van der Waals surface area (Å²) in [4.78, 5) is 21.0. The Kier molecular flexibility index (Phi) is 2.24. The van der Waals surface area contributed by atoms with Gasteiger partial charge in [0.05, 0.1) is 12.5 Å². The van der Waals surface area contributed by atoms with Crippen molar-refractivity contribution in [3.8, 4) is 0 Å². The number of cyclic esters (lactones) is 1. The van der Waals surface area contributed by atoms with Gasteiger partial charge in [0.15, 0.2) is 6.10 Å². The van der Waals surface area contributed by atoms with Crippen molar-refractivity contribution in [1.29, 1.82) is 0 Å². The molecular formula is C6H8O7. The van der Waals surface area contributed by atoms with E-state index in [0.717, 1.165) is 0 Å². The Morgan fingerprint density at radius 3 is 2.46 bits per heavy atom. The van der Waals surface area contributed by atoms with E-state index >= 15 is 0 Å². The minimum absolute atomic E-state index is 0.755. The first-order valence-corrected chi connectivity index (χ1v) is 3.41. The van der Waals surface area contributed by atoms with Gasteiger partial charge in [-0.3, -0.25) is 0 Å². The highest BCUT2D eigenvalue weighted by Crippen LogP contribution is 2.23. The van der Waals surface area contributed by atoms with E-state index in [1.165, 1.54) is 0 Å².